The zero-order chi connectivity index (χ0) is 21.8. The number of amides is 1. The second-order valence-corrected chi connectivity index (χ2v) is 6.88. The molecule has 2 aromatic carbocycles. The molecule has 1 aliphatic rings. The highest BCUT2D eigenvalue weighted by Crippen LogP contribution is 2.38. The molecule has 0 unspecified atom stereocenters. The van der Waals surface area contributed by atoms with E-state index in [0.717, 1.165) is 5.56 Å². The van der Waals surface area contributed by atoms with Crippen molar-refractivity contribution in [3.63, 3.8) is 0 Å². The van der Waals surface area contributed by atoms with Crippen LogP contribution in [0.15, 0.2) is 65.4 Å². The van der Waals surface area contributed by atoms with Gasteiger partial charge in [0.15, 0.2) is 0 Å². The van der Waals surface area contributed by atoms with Crippen molar-refractivity contribution in [3.8, 4) is 11.5 Å². The van der Waals surface area contributed by atoms with Gasteiger partial charge >= 0.3 is 5.97 Å². The van der Waals surface area contributed by atoms with Crippen LogP contribution in [-0.4, -0.2) is 38.1 Å². The standard InChI is InChI=1S/C24H25NO5/c1-15(17-9-7-6-8-10-17)25-16(2)22(24(27)30-5)20(23(25)26)14-18-13-19(28-3)11-12-21(18)29-4/h6-15H,1-5H3/b20-14-/t15-/m0/s1. The maximum absolute atomic E-state index is 13.5. The third-order valence-corrected chi connectivity index (χ3v) is 5.24. The second-order valence-electron chi connectivity index (χ2n) is 6.88. The van der Waals surface area contributed by atoms with Gasteiger partial charge in [-0.1, -0.05) is 30.3 Å². The number of ether oxygens (including phenoxy) is 3. The molecule has 0 radical (unpaired) electrons. The third-order valence-electron chi connectivity index (χ3n) is 5.24. The Balaban J connectivity index is 2.14. The molecule has 1 atom stereocenters. The lowest BCUT2D eigenvalue weighted by molar-refractivity contribution is -0.136. The van der Waals surface area contributed by atoms with Crippen molar-refractivity contribution < 1.29 is 23.8 Å². The summed E-state index contributed by atoms with van der Waals surface area (Å²) in [5.41, 5.74) is 2.65. The topological polar surface area (TPSA) is 65.1 Å². The number of hydrogen-bond donors (Lipinski definition) is 0. The first-order chi connectivity index (χ1) is 14.4. The number of esters is 1. The molecule has 1 amide bonds. The van der Waals surface area contributed by atoms with Crippen LogP contribution >= 0.6 is 0 Å². The van der Waals surface area contributed by atoms with Crippen LogP contribution in [0, 0.1) is 0 Å². The van der Waals surface area contributed by atoms with Crippen LogP contribution in [-0.2, 0) is 14.3 Å². The Morgan fingerprint density at radius 1 is 1.03 bits per heavy atom. The van der Waals surface area contributed by atoms with Gasteiger partial charge in [-0.25, -0.2) is 4.79 Å². The molecule has 30 heavy (non-hydrogen) atoms. The summed E-state index contributed by atoms with van der Waals surface area (Å²) < 4.78 is 15.7. The molecule has 3 rings (SSSR count). The summed E-state index contributed by atoms with van der Waals surface area (Å²) in [5, 5.41) is 0. The number of benzene rings is 2. The molecular formula is C24H25NO5. The lowest BCUT2D eigenvalue weighted by Gasteiger charge is -2.26. The predicted molar refractivity (Wildman–Crippen MR) is 114 cm³/mol. The summed E-state index contributed by atoms with van der Waals surface area (Å²) in [7, 11) is 4.42. The monoisotopic (exact) mass is 407 g/mol. The summed E-state index contributed by atoms with van der Waals surface area (Å²) in [6.07, 6.45) is 1.65. The Labute approximate surface area is 176 Å². The molecule has 0 bridgehead atoms. The van der Waals surface area contributed by atoms with Crippen molar-refractivity contribution in [2.45, 2.75) is 19.9 Å². The van der Waals surface area contributed by atoms with Gasteiger partial charge in [0.2, 0.25) is 0 Å². The Hall–Kier alpha value is -3.54. The maximum atomic E-state index is 13.5. The average molecular weight is 407 g/mol. The van der Waals surface area contributed by atoms with Crippen LogP contribution in [0.5, 0.6) is 11.5 Å². The van der Waals surface area contributed by atoms with Gasteiger partial charge in [0.05, 0.1) is 38.5 Å². The molecule has 0 saturated heterocycles. The first-order valence-corrected chi connectivity index (χ1v) is 9.54. The largest absolute Gasteiger partial charge is 0.497 e. The number of rotatable bonds is 6. The molecule has 0 aliphatic carbocycles. The van der Waals surface area contributed by atoms with E-state index < -0.39 is 5.97 Å². The lowest BCUT2D eigenvalue weighted by atomic mass is 10.0. The zero-order valence-electron chi connectivity index (χ0n) is 17.8. The van der Waals surface area contributed by atoms with Crippen molar-refractivity contribution in [1.82, 2.24) is 4.90 Å². The smallest absolute Gasteiger partial charge is 0.340 e. The van der Waals surface area contributed by atoms with E-state index in [1.54, 1.807) is 50.3 Å². The molecule has 1 aliphatic heterocycles. The molecule has 0 fully saturated rings. The van der Waals surface area contributed by atoms with Gasteiger partial charge in [0, 0.05) is 11.3 Å². The number of allylic oxidation sites excluding steroid dienone is 1. The first-order valence-electron chi connectivity index (χ1n) is 9.54. The summed E-state index contributed by atoms with van der Waals surface area (Å²) in [6.45, 7) is 3.69. The Morgan fingerprint density at radius 2 is 1.73 bits per heavy atom. The van der Waals surface area contributed by atoms with Gasteiger partial charge < -0.3 is 19.1 Å². The van der Waals surface area contributed by atoms with Crippen LogP contribution in [0.1, 0.15) is 31.0 Å². The lowest BCUT2D eigenvalue weighted by Crippen LogP contribution is -2.28. The van der Waals surface area contributed by atoms with Gasteiger partial charge in [-0.05, 0) is 43.7 Å². The van der Waals surface area contributed by atoms with Gasteiger partial charge in [-0.3, -0.25) is 4.79 Å². The molecule has 6 heteroatoms. The van der Waals surface area contributed by atoms with Crippen LogP contribution in [0.3, 0.4) is 0 Å². The highest BCUT2D eigenvalue weighted by molar-refractivity contribution is 6.16. The van der Waals surface area contributed by atoms with E-state index >= 15 is 0 Å². The van der Waals surface area contributed by atoms with Crippen LogP contribution in [0.2, 0.25) is 0 Å². The molecule has 2 aromatic rings. The van der Waals surface area contributed by atoms with Crippen molar-refractivity contribution in [2.75, 3.05) is 21.3 Å². The molecule has 0 spiro atoms. The fourth-order valence-corrected chi connectivity index (χ4v) is 3.65. The Kier molecular flexibility index (Phi) is 6.26. The number of carbonyl (C=O) groups excluding carboxylic acids is 2. The zero-order valence-corrected chi connectivity index (χ0v) is 17.8. The molecular weight excluding hydrogens is 382 g/mol. The van der Waals surface area contributed by atoms with E-state index in [9.17, 15) is 9.59 Å². The minimum Gasteiger partial charge on any atom is -0.497 e. The van der Waals surface area contributed by atoms with E-state index in [0.29, 0.717) is 22.8 Å². The summed E-state index contributed by atoms with van der Waals surface area (Å²) >= 11 is 0. The molecule has 0 saturated carbocycles. The molecule has 156 valence electrons. The second kappa shape index (κ2) is 8.86. The Bertz CT molecular complexity index is 1020. The highest BCUT2D eigenvalue weighted by atomic mass is 16.5. The minimum absolute atomic E-state index is 0.246. The van der Waals surface area contributed by atoms with Gasteiger partial charge in [-0.2, -0.15) is 0 Å². The molecule has 1 heterocycles. The molecule has 0 aromatic heterocycles. The fourth-order valence-electron chi connectivity index (χ4n) is 3.65. The maximum Gasteiger partial charge on any atom is 0.340 e. The normalized spacial score (nSPS) is 16.1. The van der Waals surface area contributed by atoms with Crippen molar-refractivity contribution in [2.24, 2.45) is 0 Å². The SMILES string of the molecule is COC(=O)C1=C(C)N([C@@H](C)c2ccccc2)C(=O)/C1=C\c1cc(OC)ccc1OC. The van der Waals surface area contributed by atoms with E-state index in [4.69, 9.17) is 14.2 Å². The predicted octanol–water partition coefficient (Wildman–Crippen LogP) is 4.14. The molecule has 0 N–H and O–H groups in total. The summed E-state index contributed by atoms with van der Waals surface area (Å²) in [4.78, 5) is 27.7. The number of carbonyl (C=O) groups is 2. The van der Waals surface area contributed by atoms with E-state index in [-0.39, 0.29) is 23.1 Å². The van der Waals surface area contributed by atoms with E-state index in [1.807, 2.05) is 37.3 Å². The van der Waals surface area contributed by atoms with Gasteiger partial charge in [0.1, 0.15) is 11.5 Å². The van der Waals surface area contributed by atoms with Gasteiger partial charge in [0.25, 0.3) is 5.91 Å². The van der Waals surface area contributed by atoms with E-state index in [1.165, 1.54) is 7.11 Å². The summed E-state index contributed by atoms with van der Waals surface area (Å²) in [5.74, 6) is 0.348. The number of hydrogen-bond acceptors (Lipinski definition) is 5. The molecule has 6 nitrogen and oxygen atoms in total. The first kappa shape index (κ1) is 21.2. The van der Waals surface area contributed by atoms with Gasteiger partial charge in [-0.15, -0.1) is 0 Å². The van der Waals surface area contributed by atoms with Crippen molar-refractivity contribution in [1.29, 1.82) is 0 Å². The fraction of sp³-hybridized carbons (Fsp3) is 0.250. The number of methoxy groups -OCH3 is 3. The summed E-state index contributed by atoms with van der Waals surface area (Å²) in [6, 6.07) is 14.7. The quantitative estimate of drug-likeness (QED) is 0.532. The van der Waals surface area contributed by atoms with Crippen molar-refractivity contribution >= 4 is 18.0 Å². The average Bonchev–Trinajstić information content (AvgIpc) is 3.02. The van der Waals surface area contributed by atoms with Crippen molar-refractivity contribution in [3.05, 3.63) is 76.5 Å². The van der Waals surface area contributed by atoms with E-state index in [2.05, 4.69) is 0 Å². The third kappa shape index (κ3) is 3.81. The van der Waals surface area contributed by atoms with Crippen LogP contribution in [0.25, 0.3) is 6.08 Å². The van der Waals surface area contributed by atoms with Crippen LogP contribution in [0.4, 0.5) is 0 Å². The Morgan fingerprint density at radius 3 is 2.33 bits per heavy atom. The highest BCUT2D eigenvalue weighted by Gasteiger charge is 2.39. The minimum atomic E-state index is -0.559. The van der Waals surface area contributed by atoms with Crippen LogP contribution < -0.4 is 9.47 Å². The number of nitrogens with zero attached hydrogens (tertiary/aromatic N) is 1.